The van der Waals surface area contributed by atoms with E-state index in [0.717, 1.165) is 31.4 Å². The number of anilines is 2. The molecule has 0 N–H and O–H groups in total. The zero-order chi connectivity index (χ0) is 22.1. The summed E-state index contributed by atoms with van der Waals surface area (Å²) >= 11 is 0.668. The highest BCUT2D eigenvalue weighted by molar-refractivity contribution is 8.00. The quantitative estimate of drug-likeness (QED) is 0.450. The van der Waals surface area contributed by atoms with E-state index in [1.165, 1.54) is 17.0 Å². The molecule has 0 saturated carbocycles. The van der Waals surface area contributed by atoms with E-state index in [1.807, 2.05) is 0 Å². The van der Waals surface area contributed by atoms with E-state index in [0.29, 0.717) is 17.4 Å². The lowest BCUT2D eigenvalue weighted by Gasteiger charge is -2.29. The minimum atomic E-state index is -4.73. The number of hydrogen-bond donors (Lipinski definition) is 0. The SMILES string of the molecule is COc1cc2c(cc1C(F)(F)F)N(c1ccc(F)cc1)CC(CCC(F)F)C(F)S2. The van der Waals surface area contributed by atoms with Gasteiger partial charge in [-0.3, -0.25) is 0 Å². The molecular formula is C20H18F7NOS. The molecule has 164 valence electrons. The number of rotatable bonds is 5. The molecule has 30 heavy (non-hydrogen) atoms. The Bertz CT molecular complexity index is 873. The van der Waals surface area contributed by atoms with E-state index in [-0.39, 0.29) is 23.5 Å². The van der Waals surface area contributed by atoms with Gasteiger partial charge >= 0.3 is 6.18 Å². The number of halogens is 7. The molecule has 2 aromatic carbocycles. The van der Waals surface area contributed by atoms with E-state index in [9.17, 15) is 30.7 Å². The Labute approximate surface area is 173 Å². The van der Waals surface area contributed by atoms with Crippen molar-refractivity contribution in [2.24, 2.45) is 5.92 Å². The van der Waals surface area contributed by atoms with Crippen molar-refractivity contribution in [3.05, 3.63) is 47.8 Å². The van der Waals surface area contributed by atoms with Gasteiger partial charge in [0, 0.05) is 29.5 Å². The molecule has 3 rings (SSSR count). The molecule has 1 heterocycles. The van der Waals surface area contributed by atoms with Gasteiger partial charge in [-0.1, -0.05) is 11.8 Å². The van der Waals surface area contributed by atoms with Crippen LogP contribution in [0.5, 0.6) is 5.75 Å². The lowest BCUT2D eigenvalue weighted by molar-refractivity contribution is -0.138. The van der Waals surface area contributed by atoms with Crippen LogP contribution < -0.4 is 9.64 Å². The van der Waals surface area contributed by atoms with Gasteiger partial charge in [-0.15, -0.1) is 0 Å². The summed E-state index contributed by atoms with van der Waals surface area (Å²) in [5.74, 6) is -1.89. The molecule has 0 amide bonds. The third kappa shape index (κ3) is 4.96. The first-order chi connectivity index (χ1) is 14.1. The molecule has 2 unspecified atom stereocenters. The van der Waals surface area contributed by atoms with Crippen LogP contribution in [0.2, 0.25) is 0 Å². The minimum absolute atomic E-state index is 0.0573. The van der Waals surface area contributed by atoms with Crippen molar-refractivity contribution >= 4 is 23.1 Å². The molecule has 10 heteroatoms. The number of methoxy groups -OCH3 is 1. The van der Waals surface area contributed by atoms with Crippen molar-refractivity contribution in [2.75, 3.05) is 18.6 Å². The Morgan fingerprint density at radius 1 is 1.17 bits per heavy atom. The number of nitrogens with zero attached hydrogens (tertiary/aromatic N) is 1. The van der Waals surface area contributed by atoms with Gasteiger partial charge in [-0.2, -0.15) is 13.2 Å². The molecule has 1 aliphatic rings. The topological polar surface area (TPSA) is 12.5 Å². The molecule has 0 fully saturated rings. The van der Waals surface area contributed by atoms with E-state index in [2.05, 4.69) is 0 Å². The zero-order valence-electron chi connectivity index (χ0n) is 15.7. The van der Waals surface area contributed by atoms with E-state index < -0.39 is 47.6 Å². The summed E-state index contributed by atoms with van der Waals surface area (Å²) in [4.78, 5) is 1.59. The van der Waals surface area contributed by atoms with Gasteiger partial charge in [0.2, 0.25) is 6.43 Å². The van der Waals surface area contributed by atoms with Crippen LogP contribution in [-0.2, 0) is 6.18 Å². The predicted octanol–water partition coefficient (Wildman–Crippen LogP) is 7.05. The smallest absolute Gasteiger partial charge is 0.420 e. The molecular weight excluding hydrogens is 435 g/mol. The zero-order valence-corrected chi connectivity index (χ0v) is 16.5. The Morgan fingerprint density at radius 3 is 2.40 bits per heavy atom. The molecule has 0 aliphatic carbocycles. The Kier molecular flexibility index (Phi) is 6.74. The third-order valence-electron chi connectivity index (χ3n) is 4.80. The van der Waals surface area contributed by atoms with E-state index >= 15 is 0 Å². The standard InChI is InChI=1S/C20H18F7NOS/c1-29-16-9-17-15(8-14(16)20(25,26)27)28(13-5-3-12(21)4-6-13)10-11(19(24)30-17)2-7-18(22)23/h3-6,8-9,11,18-19H,2,7,10H2,1H3. The van der Waals surface area contributed by atoms with Gasteiger partial charge in [-0.25, -0.2) is 17.6 Å². The van der Waals surface area contributed by atoms with Crippen LogP contribution in [0.25, 0.3) is 0 Å². The van der Waals surface area contributed by atoms with E-state index in [4.69, 9.17) is 4.74 Å². The number of thioether (sulfide) groups is 1. The maximum Gasteiger partial charge on any atom is 0.420 e. The normalized spacial score (nSPS) is 19.6. The summed E-state index contributed by atoms with van der Waals surface area (Å²) in [6, 6.07) is 6.91. The maximum atomic E-state index is 14.9. The molecule has 2 nitrogen and oxygen atoms in total. The summed E-state index contributed by atoms with van der Waals surface area (Å²) < 4.78 is 99.2. The number of alkyl halides is 6. The number of fused-ring (bicyclic) bond motifs is 1. The van der Waals surface area contributed by atoms with Gasteiger partial charge in [0.05, 0.1) is 18.4 Å². The molecule has 0 spiro atoms. The van der Waals surface area contributed by atoms with E-state index in [1.54, 1.807) is 0 Å². The van der Waals surface area contributed by atoms with Crippen LogP contribution in [0.3, 0.4) is 0 Å². The third-order valence-corrected chi connectivity index (χ3v) is 5.99. The van der Waals surface area contributed by atoms with Crippen molar-refractivity contribution < 1.29 is 35.5 Å². The fraction of sp³-hybridized carbons (Fsp3) is 0.400. The van der Waals surface area contributed by atoms with Gasteiger partial charge in [-0.05, 0) is 42.8 Å². The summed E-state index contributed by atoms with van der Waals surface area (Å²) in [5, 5.41) is 0. The molecule has 2 aromatic rings. The fourth-order valence-corrected chi connectivity index (χ4v) is 4.43. The highest BCUT2D eigenvalue weighted by Gasteiger charge is 2.38. The Morgan fingerprint density at radius 2 is 1.83 bits per heavy atom. The summed E-state index contributed by atoms with van der Waals surface area (Å²) in [6.45, 7) is -0.136. The monoisotopic (exact) mass is 453 g/mol. The van der Waals surface area contributed by atoms with Crippen LogP contribution in [0.1, 0.15) is 18.4 Å². The maximum absolute atomic E-state index is 14.9. The van der Waals surface area contributed by atoms with Crippen LogP contribution in [0.15, 0.2) is 41.3 Å². The van der Waals surface area contributed by atoms with Crippen LogP contribution >= 0.6 is 11.8 Å². The lowest BCUT2D eigenvalue weighted by atomic mass is 10.0. The van der Waals surface area contributed by atoms with Gasteiger partial charge in [0.1, 0.15) is 11.6 Å². The fourth-order valence-electron chi connectivity index (χ4n) is 3.31. The predicted molar refractivity (Wildman–Crippen MR) is 101 cm³/mol. The van der Waals surface area contributed by atoms with Crippen LogP contribution in [-0.4, -0.2) is 25.6 Å². The van der Waals surface area contributed by atoms with Gasteiger partial charge in [0.15, 0.2) is 5.50 Å². The number of benzene rings is 2. The summed E-state index contributed by atoms with van der Waals surface area (Å²) in [7, 11) is 1.08. The molecule has 2 atom stereocenters. The van der Waals surface area contributed by atoms with Crippen molar-refractivity contribution in [1.82, 2.24) is 0 Å². The second-order valence-corrected chi connectivity index (χ2v) is 7.93. The Balaban J connectivity index is 2.12. The van der Waals surface area contributed by atoms with Crippen molar-refractivity contribution in [1.29, 1.82) is 0 Å². The second-order valence-electron chi connectivity index (χ2n) is 6.80. The highest BCUT2D eigenvalue weighted by Crippen LogP contribution is 2.49. The molecule has 0 bridgehead atoms. The first-order valence-corrected chi connectivity index (χ1v) is 9.89. The first kappa shape index (κ1) is 22.6. The second kappa shape index (κ2) is 8.95. The molecule has 1 aliphatic heterocycles. The van der Waals surface area contributed by atoms with Gasteiger partial charge < -0.3 is 9.64 Å². The van der Waals surface area contributed by atoms with Crippen LogP contribution in [0, 0.1) is 11.7 Å². The molecule has 0 aromatic heterocycles. The number of hydrogen-bond acceptors (Lipinski definition) is 3. The van der Waals surface area contributed by atoms with Crippen LogP contribution in [0.4, 0.5) is 42.1 Å². The number of ether oxygens (including phenoxy) is 1. The molecule has 0 saturated heterocycles. The minimum Gasteiger partial charge on any atom is -0.496 e. The highest BCUT2D eigenvalue weighted by atomic mass is 32.2. The average molecular weight is 453 g/mol. The lowest BCUT2D eigenvalue weighted by Crippen LogP contribution is -2.28. The Hall–Kier alpha value is -2.10. The van der Waals surface area contributed by atoms with Crippen molar-refractivity contribution in [3.8, 4) is 5.75 Å². The first-order valence-electron chi connectivity index (χ1n) is 9.01. The van der Waals surface area contributed by atoms with Crippen molar-refractivity contribution in [3.63, 3.8) is 0 Å². The average Bonchev–Trinajstić information content (AvgIpc) is 2.81. The van der Waals surface area contributed by atoms with Gasteiger partial charge in [0.25, 0.3) is 0 Å². The molecule has 0 radical (unpaired) electrons. The summed E-state index contributed by atoms with van der Waals surface area (Å²) in [6.07, 6.45) is -8.03. The summed E-state index contributed by atoms with van der Waals surface area (Å²) in [5.41, 5.74) is -2.28. The van der Waals surface area contributed by atoms with Crippen molar-refractivity contribution in [2.45, 2.75) is 35.8 Å². The largest absolute Gasteiger partial charge is 0.496 e.